The molecule has 39 heavy (non-hydrogen) atoms. The maximum absolute atomic E-state index is 14.4. The van der Waals surface area contributed by atoms with Gasteiger partial charge >= 0.3 is 48.4 Å². The van der Waals surface area contributed by atoms with Crippen LogP contribution in [0.25, 0.3) is 0 Å². The van der Waals surface area contributed by atoms with Crippen molar-refractivity contribution in [3.05, 3.63) is 29.3 Å². The highest BCUT2D eigenvalue weighted by atomic mass is 32.2. The minimum atomic E-state index is -7.48. The van der Waals surface area contributed by atoms with E-state index in [2.05, 4.69) is 8.37 Å². The van der Waals surface area contributed by atoms with Crippen LogP contribution in [-0.2, 0) is 19.6 Å². The molecule has 0 saturated carbocycles. The summed E-state index contributed by atoms with van der Waals surface area (Å²) < 4.78 is 280. The first-order valence-electron chi connectivity index (χ1n) is 8.97. The molecule has 1 aromatic carbocycles. The number of alkyl halides is 20. The molecule has 0 aromatic heterocycles. The van der Waals surface area contributed by atoms with Crippen molar-refractivity contribution >= 4 is 11.5 Å². The van der Waals surface area contributed by atoms with E-state index < -0.39 is 105 Å². The molecule has 0 unspecified atom stereocenters. The molecule has 2 aliphatic rings. The fraction of sp³-hybridized carbons (Fsp3) is 0.625. The summed E-state index contributed by atoms with van der Waals surface area (Å²) in [5.41, 5.74) is -19.0. The van der Waals surface area contributed by atoms with Crippen LogP contribution >= 0.6 is 11.5 Å². The Kier molecular flexibility index (Phi) is 6.39. The number of benzene rings is 1. The zero-order valence-corrected chi connectivity index (χ0v) is 17.8. The van der Waals surface area contributed by atoms with E-state index in [1.165, 1.54) is 0 Å². The zero-order chi connectivity index (χ0) is 30.8. The molecule has 1 radical (unpaired) electrons. The summed E-state index contributed by atoms with van der Waals surface area (Å²) in [7, 11) is 0. The molecule has 0 bridgehead atoms. The van der Waals surface area contributed by atoms with Crippen LogP contribution in [0.3, 0.4) is 0 Å². The number of rotatable bonds is 4. The molecule has 0 atom stereocenters. The summed E-state index contributed by atoms with van der Waals surface area (Å²) in [5, 5.41) is 0. The van der Waals surface area contributed by atoms with Gasteiger partial charge in [-0.3, -0.25) is 8.37 Å². The molecule has 0 aliphatic carbocycles. The Morgan fingerprint density at radius 3 is 0.872 bits per heavy atom. The van der Waals surface area contributed by atoms with Crippen LogP contribution in [0.4, 0.5) is 87.8 Å². The smallest absolute Gasteiger partial charge is 0.273 e. The van der Waals surface area contributed by atoms with Gasteiger partial charge in [-0.25, -0.2) is 0 Å². The fourth-order valence-electron chi connectivity index (χ4n) is 3.77. The lowest BCUT2D eigenvalue weighted by molar-refractivity contribution is -0.428. The monoisotopic (exact) mass is 639 g/mol. The van der Waals surface area contributed by atoms with Gasteiger partial charge in [0.05, 0.1) is 16.4 Å². The van der Waals surface area contributed by atoms with E-state index >= 15 is 0 Å². The van der Waals surface area contributed by atoms with Gasteiger partial charge in [0.1, 0.15) is 0 Å². The summed E-state index contributed by atoms with van der Waals surface area (Å²) >= 11 is -4.70. The third kappa shape index (κ3) is 3.46. The molecule has 2 heterocycles. The van der Waals surface area contributed by atoms with Gasteiger partial charge in [0.15, 0.2) is 0 Å². The highest BCUT2D eigenvalue weighted by Crippen LogP contribution is 2.78. The van der Waals surface area contributed by atoms with Crippen molar-refractivity contribution in [1.29, 1.82) is 0 Å². The van der Waals surface area contributed by atoms with Crippen molar-refractivity contribution in [2.24, 2.45) is 0 Å². The van der Waals surface area contributed by atoms with Crippen molar-refractivity contribution in [1.82, 2.24) is 0 Å². The van der Waals surface area contributed by atoms with Gasteiger partial charge < -0.3 is 0 Å². The summed E-state index contributed by atoms with van der Waals surface area (Å²) in [4.78, 5) is -2.60. The number of hydrogen-bond donors (Lipinski definition) is 0. The standard InChI is InChI=1S/C16H3F20O2S/c17-9(18,13(25,26)27)7(10(19,20)14(28,29)30)4-2-1-3-5-6(4)39(37-7)38-8(5,11(21,22)15(31,32)33)12(23,24)16(34,35)36/h1-3H. The van der Waals surface area contributed by atoms with Crippen LogP contribution in [0.2, 0.25) is 0 Å². The van der Waals surface area contributed by atoms with Crippen LogP contribution in [0.5, 0.6) is 0 Å². The molecular weight excluding hydrogens is 636 g/mol. The van der Waals surface area contributed by atoms with Gasteiger partial charge in [-0.2, -0.15) is 87.8 Å². The van der Waals surface area contributed by atoms with Crippen molar-refractivity contribution in [2.45, 2.75) is 64.5 Å². The van der Waals surface area contributed by atoms with Gasteiger partial charge in [-0.1, -0.05) is 18.2 Å². The van der Waals surface area contributed by atoms with Crippen LogP contribution in [-0.4, -0.2) is 48.4 Å². The Balaban J connectivity index is 2.57. The molecule has 0 spiro atoms. The average molecular weight is 639 g/mol. The van der Waals surface area contributed by atoms with E-state index in [4.69, 9.17) is 0 Å². The first kappa shape index (κ1) is 31.6. The SMILES string of the molecule is FC(F)(F)C(F)(F)C1(C(F)(F)C(F)(F)F)O[S]2OC(C(F)(F)C(F)(F)F)(C(F)(F)C(F)(F)F)c3cccc1c32. The van der Waals surface area contributed by atoms with Crippen LogP contribution in [0.15, 0.2) is 23.1 Å². The molecule has 0 saturated heterocycles. The predicted molar refractivity (Wildman–Crippen MR) is 81.8 cm³/mol. The molecule has 0 fully saturated rings. The van der Waals surface area contributed by atoms with Gasteiger partial charge in [-0.15, -0.1) is 0 Å². The van der Waals surface area contributed by atoms with Crippen molar-refractivity contribution in [2.75, 3.05) is 0 Å². The third-order valence-corrected chi connectivity index (χ3v) is 7.11. The first-order valence-corrected chi connectivity index (χ1v) is 10.0. The molecular formula is C16H3F20O2S. The van der Waals surface area contributed by atoms with Gasteiger partial charge in [0, 0.05) is 11.1 Å². The molecule has 2 nitrogen and oxygen atoms in total. The van der Waals surface area contributed by atoms with Crippen molar-refractivity contribution < 1.29 is 96.2 Å². The average Bonchev–Trinajstić information content (AvgIpc) is 3.22. The fourth-order valence-corrected chi connectivity index (χ4v) is 5.80. The second kappa shape index (κ2) is 7.88. The molecule has 3 rings (SSSR count). The lowest BCUT2D eigenvalue weighted by Gasteiger charge is -2.45. The minimum absolute atomic E-state index is 0.500. The minimum Gasteiger partial charge on any atom is -0.273 e. The Hall–Kier alpha value is -1.91. The third-order valence-electron chi connectivity index (χ3n) is 5.53. The lowest BCUT2D eigenvalue weighted by Crippen LogP contribution is -2.69. The molecule has 23 heteroatoms. The van der Waals surface area contributed by atoms with E-state index in [0.29, 0.717) is 0 Å². The maximum Gasteiger partial charge on any atom is 0.457 e. The zero-order valence-electron chi connectivity index (χ0n) is 17.0. The summed E-state index contributed by atoms with van der Waals surface area (Å²) in [5.74, 6) is -29.9. The molecule has 2 aliphatic heterocycles. The van der Waals surface area contributed by atoms with Crippen LogP contribution in [0.1, 0.15) is 11.1 Å². The Morgan fingerprint density at radius 2 is 0.667 bits per heavy atom. The normalized spacial score (nSPS) is 20.9. The number of hydrogen-bond acceptors (Lipinski definition) is 2. The maximum atomic E-state index is 14.4. The Labute approximate surface area is 202 Å². The highest BCUT2D eigenvalue weighted by molar-refractivity contribution is 8.09. The second-order valence-electron chi connectivity index (χ2n) is 7.73. The first-order chi connectivity index (χ1) is 16.9. The van der Waals surface area contributed by atoms with Gasteiger partial charge in [-0.05, 0) is 0 Å². The van der Waals surface area contributed by atoms with Crippen LogP contribution < -0.4 is 0 Å². The van der Waals surface area contributed by atoms with E-state index in [1.54, 1.807) is 0 Å². The Morgan fingerprint density at radius 1 is 0.436 bits per heavy atom. The van der Waals surface area contributed by atoms with E-state index in [-0.39, 0.29) is 0 Å². The number of halogens is 20. The molecule has 225 valence electrons. The van der Waals surface area contributed by atoms with Gasteiger partial charge in [0.2, 0.25) is 0 Å². The van der Waals surface area contributed by atoms with Crippen LogP contribution in [0, 0.1) is 0 Å². The van der Waals surface area contributed by atoms with Crippen molar-refractivity contribution in [3.8, 4) is 0 Å². The highest BCUT2D eigenvalue weighted by Gasteiger charge is 2.93. The second-order valence-corrected chi connectivity index (χ2v) is 8.95. The summed E-state index contributed by atoms with van der Waals surface area (Å²) in [6.07, 6.45) is -29.9. The molecule has 1 aromatic rings. The summed E-state index contributed by atoms with van der Waals surface area (Å²) in [6, 6.07) is -1.77. The van der Waals surface area contributed by atoms with E-state index in [0.717, 1.165) is 0 Å². The topological polar surface area (TPSA) is 18.5 Å². The quantitative estimate of drug-likeness (QED) is 0.309. The molecule has 0 N–H and O–H groups in total. The Bertz CT molecular complexity index is 1010. The lowest BCUT2D eigenvalue weighted by atomic mass is 9.75. The molecule has 0 amide bonds. The van der Waals surface area contributed by atoms with E-state index in [9.17, 15) is 87.8 Å². The largest absolute Gasteiger partial charge is 0.457 e. The van der Waals surface area contributed by atoms with E-state index in [1.807, 2.05) is 0 Å². The van der Waals surface area contributed by atoms with Crippen molar-refractivity contribution in [3.63, 3.8) is 0 Å². The summed E-state index contributed by atoms with van der Waals surface area (Å²) in [6.45, 7) is 0. The van der Waals surface area contributed by atoms with Gasteiger partial charge in [0.25, 0.3) is 11.2 Å². The predicted octanol–water partition coefficient (Wildman–Crippen LogP) is 8.39.